The van der Waals surface area contributed by atoms with Gasteiger partial charge in [0.05, 0.1) is 0 Å². The molecule has 0 unspecified atom stereocenters. The van der Waals surface area contributed by atoms with Gasteiger partial charge in [-0.1, -0.05) is 154 Å². The molecule has 1 aliphatic carbocycles. The monoisotopic (exact) mass is 664 g/mol. The van der Waals surface area contributed by atoms with Crippen LogP contribution in [0.5, 0.6) is 11.5 Å². The second-order valence-corrected chi connectivity index (χ2v) is 15.6. The smallest absolute Gasteiger partial charge is 0.135 e. The highest BCUT2D eigenvalue weighted by Crippen LogP contribution is 2.53. The number of rotatable bonds is 2. The van der Waals surface area contributed by atoms with Gasteiger partial charge in [-0.25, -0.2) is 0 Å². The van der Waals surface area contributed by atoms with Crippen LogP contribution in [0.1, 0.15) is 37.5 Å². The fourth-order valence-electron chi connectivity index (χ4n) is 9.24. The van der Waals surface area contributed by atoms with Crippen molar-refractivity contribution in [3.8, 4) is 56.0 Å². The van der Waals surface area contributed by atoms with E-state index in [1.54, 1.807) is 0 Å². The summed E-state index contributed by atoms with van der Waals surface area (Å²) in [5, 5.41) is 10.2. The highest BCUT2D eigenvalue weighted by atomic mass is 16.5. The summed E-state index contributed by atoms with van der Waals surface area (Å²) in [4.78, 5) is 0. The van der Waals surface area contributed by atoms with Crippen LogP contribution in [-0.2, 0) is 11.8 Å². The van der Waals surface area contributed by atoms with Crippen LogP contribution in [0, 0.1) is 0 Å². The Kier molecular flexibility index (Phi) is 6.06. The first-order chi connectivity index (χ1) is 25.4. The van der Waals surface area contributed by atoms with E-state index in [1.165, 1.54) is 98.7 Å². The fourth-order valence-corrected chi connectivity index (χ4v) is 9.24. The van der Waals surface area contributed by atoms with E-state index in [0.717, 1.165) is 23.5 Å². The third-order valence-electron chi connectivity index (χ3n) is 11.6. The standard InChI is InChI=1S/C51H36O/c1-51(2,3)32-22-23-43-44(29-32)49(41-26-24-39-33-14-5-4-12-30(33)28-31-13-10-18-35(41)47(31)39)37-17-7-6-16-36(37)48(43)42-27-25-40-34-15-8-9-20-45(34)52-46-21-11-19-38(42)50(40)46/h4-27,29H,28H2,1-3H3. The fraction of sp³-hybridized carbons (Fsp3) is 0.0980. The minimum Gasteiger partial charge on any atom is -0.456 e. The molecular weight excluding hydrogens is 629 g/mol. The summed E-state index contributed by atoms with van der Waals surface area (Å²) >= 11 is 0. The molecule has 9 aromatic carbocycles. The molecule has 1 heterocycles. The van der Waals surface area contributed by atoms with E-state index < -0.39 is 0 Å². The lowest BCUT2D eigenvalue weighted by Gasteiger charge is -2.26. The van der Waals surface area contributed by atoms with Crippen molar-refractivity contribution < 1.29 is 4.74 Å². The van der Waals surface area contributed by atoms with Crippen LogP contribution < -0.4 is 4.74 Å². The molecule has 11 rings (SSSR count). The van der Waals surface area contributed by atoms with Crippen LogP contribution in [-0.4, -0.2) is 0 Å². The molecule has 0 saturated heterocycles. The number of para-hydroxylation sites is 1. The van der Waals surface area contributed by atoms with Gasteiger partial charge >= 0.3 is 0 Å². The third-order valence-corrected chi connectivity index (χ3v) is 11.6. The van der Waals surface area contributed by atoms with Gasteiger partial charge in [-0.3, -0.25) is 0 Å². The Labute approximate surface area is 303 Å². The molecule has 0 N–H and O–H groups in total. The van der Waals surface area contributed by atoms with Gasteiger partial charge in [-0.15, -0.1) is 0 Å². The Morgan fingerprint density at radius 1 is 0.385 bits per heavy atom. The molecule has 0 amide bonds. The van der Waals surface area contributed by atoms with Crippen LogP contribution in [0.2, 0.25) is 0 Å². The number of fused-ring (bicyclic) bond motifs is 6. The third kappa shape index (κ3) is 4.11. The molecule has 9 aromatic rings. The zero-order chi connectivity index (χ0) is 34.7. The largest absolute Gasteiger partial charge is 0.456 e. The predicted molar refractivity (Wildman–Crippen MR) is 220 cm³/mol. The quantitative estimate of drug-likeness (QED) is 0.167. The first-order valence-corrected chi connectivity index (χ1v) is 18.4. The second kappa shape index (κ2) is 10.7. The van der Waals surface area contributed by atoms with E-state index >= 15 is 0 Å². The lowest BCUT2D eigenvalue weighted by Crippen LogP contribution is -2.10. The van der Waals surface area contributed by atoms with Crippen LogP contribution in [0.3, 0.4) is 0 Å². The summed E-state index contributed by atoms with van der Waals surface area (Å²) in [6.07, 6.45) is 0.956. The van der Waals surface area contributed by atoms with Gasteiger partial charge in [0.15, 0.2) is 0 Å². The van der Waals surface area contributed by atoms with E-state index in [9.17, 15) is 0 Å². The molecule has 0 spiro atoms. The highest BCUT2D eigenvalue weighted by Gasteiger charge is 2.26. The zero-order valence-electron chi connectivity index (χ0n) is 29.5. The summed E-state index contributed by atoms with van der Waals surface area (Å²) in [6, 6.07) is 56.5. The van der Waals surface area contributed by atoms with E-state index in [-0.39, 0.29) is 5.41 Å². The summed E-state index contributed by atoms with van der Waals surface area (Å²) in [5.74, 6) is 1.83. The van der Waals surface area contributed by atoms with E-state index in [2.05, 4.69) is 166 Å². The maximum Gasteiger partial charge on any atom is 0.135 e. The number of hydrogen-bond acceptors (Lipinski definition) is 1. The SMILES string of the molecule is CC(C)(C)c1ccc2c(-c3ccc4c5c(cccc35)Oc3ccccc3-4)c3ccccc3c(-c3ccc4c5c(cccc35)Cc3ccccc3-4)c2c1. The normalized spacial score (nSPS) is 13.0. The molecule has 1 aliphatic heterocycles. The molecular formula is C51H36O. The molecule has 1 nitrogen and oxygen atoms in total. The van der Waals surface area contributed by atoms with Gasteiger partial charge in [-0.2, -0.15) is 0 Å². The van der Waals surface area contributed by atoms with Crippen molar-refractivity contribution in [3.05, 3.63) is 168 Å². The highest BCUT2D eigenvalue weighted by molar-refractivity contribution is 6.27. The van der Waals surface area contributed by atoms with Crippen molar-refractivity contribution in [1.82, 2.24) is 0 Å². The average Bonchev–Trinajstić information content (AvgIpc) is 3.17. The topological polar surface area (TPSA) is 9.23 Å². The molecule has 0 saturated carbocycles. The summed E-state index contributed by atoms with van der Waals surface area (Å²) in [7, 11) is 0. The Hall–Kier alpha value is -6.18. The van der Waals surface area contributed by atoms with Gasteiger partial charge in [0.1, 0.15) is 11.5 Å². The van der Waals surface area contributed by atoms with Crippen LogP contribution in [0.4, 0.5) is 0 Å². The lowest BCUT2D eigenvalue weighted by atomic mass is 9.78. The molecule has 0 fully saturated rings. The molecule has 52 heavy (non-hydrogen) atoms. The van der Waals surface area contributed by atoms with Crippen molar-refractivity contribution in [1.29, 1.82) is 0 Å². The van der Waals surface area contributed by atoms with Crippen molar-refractivity contribution in [3.63, 3.8) is 0 Å². The number of benzene rings is 9. The minimum absolute atomic E-state index is 0.00805. The van der Waals surface area contributed by atoms with E-state index in [1.807, 2.05) is 6.07 Å². The maximum absolute atomic E-state index is 6.54. The zero-order valence-corrected chi connectivity index (χ0v) is 29.5. The van der Waals surface area contributed by atoms with Crippen LogP contribution in [0.15, 0.2) is 152 Å². The van der Waals surface area contributed by atoms with Crippen molar-refractivity contribution in [2.45, 2.75) is 32.6 Å². The summed E-state index contributed by atoms with van der Waals surface area (Å²) in [5.41, 5.74) is 14.3. The Balaban J connectivity index is 1.27. The van der Waals surface area contributed by atoms with Crippen molar-refractivity contribution >= 4 is 43.1 Å². The maximum atomic E-state index is 6.54. The molecule has 1 heteroatoms. The minimum atomic E-state index is -0.00805. The lowest BCUT2D eigenvalue weighted by molar-refractivity contribution is 0.487. The van der Waals surface area contributed by atoms with Gasteiger partial charge in [-0.05, 0) is 123 Å². The van der Waals surface area contributed by atoms with E-state index in [4.69, 9.17) is 4.74 Å². The molecule has 0 atom stereocenters. The Morgan fingerprint density at radius 2 is 0.923 bits per heavy atom. The average molecular weight is 665 g/mol. The number of hydrogen-bond donors (Lipinski definition) is 0. The second-order valence-electron chi connectivity index (χ2n) is 15.6. The Morgan fingerprint density at radius 3 is 1.69 bits per heavy atom. The Bertz CT molecular complexity index is 2990. The van der Waals surface area contributed by atoms with Crippen LogP contribution in [0.25, 0.3) is 87.6 Å². The summed E-state index contributed by atoms with van der Waals surface area (Å²) in [6.45, 7) is 6.96. The van der Waals surface area contributed by atoms with Crippen molar-refractivity contribution in [2.24, 2.45) is 0 Å². The molecule has 0 bridgehead atoms. The first kappa shape index (κ1) is 29.5. The predicted octanol–water partition coefficient (Wildman–Crippen LogP) is 14.3. The first-order valence-electron chi connectivity index (χ1n) is 18.4. The van der Waals surface area contributed by atoms with Gasteiger partial charge < -0.3 is 4.74 Å². The van der Waals surface area contributed by atoms with Gasteiger partial charge in [0, 0.05) is 10.9 Å². The van der Waals surface area contributed by atoms with Gasteiger partial charge in [0.25, 0.3) is 0 Å². The summed E-state index contributed by atoms with van der Waals surface area (Å²) < 4.78 is 6.54. The van der Waals surface area contributed by atoms with Gasteiger partial charge in [0.2, 0.25) is 0 Å². The van der Waals surface area contributed by atoms with Crippen molar-refractivity contribution in [2.75, 3.05) is 0 Å². The van der Waals surface area contributed by atoms with Crippen LogP contribution >= 0.6 is 0 Å². The molecule has 2 aliphatic rings. The molecule has 0 aromatic heterocycles. The molecule has 246 valence electrons. The van der Waals surface area contributed by atoms with E-state index in [0.29, 0.717) is 0 Å². The number of ether oxygens (including phenoxy) is 1. The molecule has 0 radical (unpaired) electrons.